The maximum absolute atomic E-state index is 13.4. The van der Waals surface area contributed by atoms with Gasteiger partial charge in [0.2, 0.25) is 0 Å². The second-order valence-corrected chi connectivity index (χ2v) is 4.91. The van der Waals surface area contributed by atoms with Gasteiger partial charge in [-0.15, -0.1) is 11.3 Å². The zero-order chi connectivity index (χ0) is 15.1. The first kappa shape index (κ1) is 14.9. The normalized spacial score (nSPS) is 11.8. The summed E-state index contributed by atoms with van der Waals surface area (Å²) in [6.45, 7) is 0. The number of carbonyl (C=O) groups excluding carboxylic acids is 1. The van der Waals surface area contributed by atoms with Crippen LogP contribution in [-0.4, -0.2) is 16.7 Å². The van der Waals surface area contributed by atoms with E-state index in [2.05, 4.69) is 15.3 Å². The van der Waals surface area contributed by atoms with Crippen molar-refractivity contribution in [1.82, 2.24) is 4.98 Å². The number of halogens is 1. The summed E-state index contributed by atoms with van der Waals surface area (Å²) in [6, 6.07) is 6.07. The monoisotopic (exact) mass is 304 g/mol. The Balaban J connectivity index is 1.91. The fourth-order valence-electron chi connectivity index (χ4n) is 1.52. The van der Waals surface area contributed by atoms with Gasteiger partial charge >= 0.3 is 0 Å². The highest BCUT2D eigenvalue weighted by Crippen LogP contribution is 2.09. The van der Waals surface area contributed by atoms with Crippen LogP contribution in [-0.2, 0) is 11.2 Å². The van der Waals surface area contributed by atoms with E-state index < -0.39 is 11.7 Å². The Bertz CT molecular complexity index is 667. The third-order valence-corrected chi connectivity index (χ3v) is 3.15. The van der Waals surface area contributed by atoms with Gasteiger partial charge in [-0.05, 0) is 17.7 Å². The molecule has 1 amide bonds. The number of hydrogen-bond donors (Lipinski definition) is 2. The van der Waals surface area contributed by atoms with E-state index in [4.69, 9.17) is 5.73 Å². The minimum Gasteiger partial charge on any atom is -0.384 e. The summed E-state index contributed by atoms with van der Waals surface area (Å²) in [5.74, 6) is -0.891. The molecule has 5 nitrogen and oxygen atoms in total. The van der Waals surface area contributed by atoms with Crippen LogP contribution in [0.3, 0.4) is 0 Å². The van der Waals surface area contributed by atoms with Crippen LogP contribution in [0.2, 0.25) is 0 Å². The average Bonchev–Trinajstić information content (AvgIpc) is 2.94. The topological polar surface area (TPSA) is 80.4 Å². The van der Waals surface area contributed by atoms with Crippen molar-refractivity contribution in [3.05, 3.63) is 59.5 Å². The molecule has 0 atom stereocenters. The third-order valence-electron chi connectivity index (χ3n) is 2.45. The molecule has 0 radical (unpaired) electrons. The molecule has 0 saturated carbocycles. The summed E-state index contributed by atoms with van der Waals surface area (Å²) in [6.07, 6.45) is 4.52. The standard InChI is InChI=1S/C14H13FN4OS/c15-11-4-2-1-3-10(11)9-13(20)19-12(16)5-6-17-14-18-7-8-21-14/h1-8H,9H2,(H,17,18)(H2,16,19,20)/b6-5-. The van der Waals surface area contributed by atoms with E-state index in [1.54, 1.807) is 24.4 Å². The number of nitrogens with two attached hydrogens (primary N) is 1. The van der Waals surface area contributed by atoms with E-state index in [0.717, 1.165) is 0 Å². The fourth-order valence-corrected chi connectivity index (χ4v) is 2.03. The highest BCUT2D eigenvalue weighted by atomic mass is 32.1. The lowest BCUT2D eigenvalue weighted by atomic mass is 10.1. The summed E-state index contributed by atoms with van der Waals surface area (Å²) in [7, 11) is 0. The molecule has 0 aliphatic rings. The Hall–Kier alpha value is -2.54. The van der Waals surface area contributed by atoms with Crippen molar-refractivity contribution >= 4 is 28.2 Å². The molecule has 0 saturated heterocycles. The summed E-state index contributed by atoms with van der Waals surface area (Å²) in [5.41, 5.74) is 5.89. The third kappa shape index (κ3) is 4.81. The van der Waals surface area contributed by atoms with Gasteiger partial charge in [0.25, 0.3) is 5.91 Å². The first-order valence-corrected chi connectivity index (χ1v) is 6.96. The average molecular weight is 304 g/mol. The first-order valence-electron chi connectivity index (χ1n) is 6.08. The number of nitrogens with one attached hydrogen (secondary N) is 1. The molecular weight excluding hydrogens is 291 g/mol. The predicted molar refractivity (Wildman–Crippen MR) is 81.6 cm³/mol. The lowest BCUT2D eigenvalue weighted by Crippen LogP contribution is -2.13. The number of thiazole rings is 1. The molecule has 0 unspecified atom stereocenters. The number of aliphatic imine (C=N–C) groups is 1. The van der Waals surface area contributed by atoms with E-state index >= 15 is 0 Å². The molecular formula is C14H13FN4OS. The Kier molecular flexibility index (Phi) is 5.16. The molecule has 0 aliphatic carbocycles. The van der Waals surface area contributed by atoms with Crippen molar-refractivity contribution in [2.45, 2.75) is 6.42 Å². The molecule has 7 heteroatoms. The second kappa shape index (κ2) is 7.30. The van der Waals surface area contributed by atoms with E-state index in [0.29, 0.717) is 10.7 Å². The summed E-state index contributed by atoms with van der Waals surface area (Å²) in [5, 5.41) is 5.41. The van der Waals surface area contributed by atoms with E-state index in [9.17, 15) is 9.18 Å². The minimum atomic E-state index is -0.503. The zero-order valence-corrected chi connectivity index (χ0v) is 11.8. The number of amidine groups is 1. The first-order chi connectivity index (χ1) is 10.1. The van der Waals surface area contributed by atoms with E-state index in [1.807, 2.05) is 5.38 Å². The van der Waals surface area contributed by atoms with Gasteiger partial charge in [-0.25, -0.2) is 9.37 Å². The number of anilines is 1. The molecule has 0 spiro atoms. The van der Waals surface area contributed by atoms with Crippen LogP contribution >= 0.6 is 11.3 Å². The van der Waals surface area contributed by atoms with Crippen molar-refractivity contribution in [3.63, 3.8) is 0 Å². The van der Waals surface area contributed by atoms with Crippen molar-refractivity contribution in [2.24, 2.45) is 10.7 Å². The van der Waals surface area contributed by atoms with E-state index in [-0.39, 0.29) is 12.3 Å². The number of benzene rings is 1. The molecule has 3 N–H and O–H groups in total. The van der Waals surface area contributed by atoms with Crippen LogP contribution in [0.25, 0.3) is 0 Å². The maximum Gasteiger partial charge on any atom is 0.252 e. The number of nitrogens with zero attached hydrogens (tertiary/aromatic N) is 2. The second-order valence-electron chi connectivity index (χ2n) is 4.01. The molecule has 108 valence electrons. The van der Waals surface area contributed by atoms with Crippen LogP contribution in [0, 0.1) is 5.82 Å². The van der Waals surface area contributed by atoms with Crippen LogP contribution in [0.4, 0.5) is 9.52 Å². The molecule has 0 aliphatic heterocycles. The molecule has 1 heterocycles. The maximum atomic E-state index is 13.4. The van der Waals surface area contributed by atoms with Gasteiger partial charge in [-0.2, -0.15) is 4.99 Å². The number of rotatable bonds is 5. The molecule has 1 aromatic carbocycles. The van der Waals surface area contributed by atoms with Crippen molar-refractivity contribution in [3.8, 4) is 0 Å². The van der Waals surface area contributed by atoms with Gasteiger partial charge in [0, 0.05) is 17.8 Å². The van der Waals surface area contributed by atoms with Crippen molar-refractivity contribution in [1.29, 1.82) is 0 Å². The Morgan fingerprint density at radius 3 is 3.00 bits per heavy atom. The molecule has 0 fully saturated rings. The van der Waals surface area contributed by atoms with Crippen LogP contribution < -0.4 is 11.1 Å². The Morgan fingerprint density at radius 1 is 1.48 bits per heavy atom. The fraction of sp³-hybridized carbons (Fsp3) is 0.0714. The van der Waals surface area contributed by atoms with Gasteiger partial charge in [-0.1, -0.05) is 18.2 Å². The van der Waals surface area contributed by atoms with Gasteiger partial charge in [0.05, 0.1) is 6.42 Å². The minimum absolute atomic E-state index is 0.0420. The summed E-state index contributed by atoms with van der Waals surface area (Å²) >= 11 is 1.43. The molecule has 21 heavy (non-hydrogen) atoms. The number of hydrogen-bond acceptors (Lipinski definition) is 4. The Morgan fingerprint density at radius 2 is 2.29 bits per heavy atom. The lowest BCUT2D eigenvalue weighted by Gasteiger charge is -1.99. The van der Waals surface area contributed by atoms with Crippen LogP contribution in [0.5, 0.6) is 0 Å². The smallest absolute Gasteiger partial charge is 0.252 e. The number of amides is 1. The largest absolute Gasteiger partial charge is 0.384 e. The predicted octanol–water partition coefficient (Wildman–Crippen LogP) is 2.33. The number of aromatic nitrogens is 1. The van der Waals surface area contributed by atoms with Gasteiger partial charge in [0.1, 0.15) is 11.7 Å². The molecule has 2 aromatic rings. The summed E-state index contributed by atoms with van der Waals surface area (Å²) < 4.78 is 13.4. The SMILES string of the molecule is NC(/C=C\Nc1nccs1)=NC(=O)Cc1ccccc1F. The van der Waals surface area contributed by atoms with Crippen LogP contribution in [0.15, 0.2) is 53.1 Å². The molecule has 2 rings (SSSR count). The van der Waals surface area contributed by atoms with Crippen molar-refractivity contribution in [2.75, 3.05) is 5.32 Å². The quantitative estimate of drug-likeness (QED) is 0.656. The Labute approximate surface area is 125 Å². The highest BCUT2D eigenvalue weighted by Gasteiger charge is 2.06. The van der Waals surface area contributed by atoms with Gasteiger partial charge < -0.3 is 11.1 Å². The summed E-state index contributed by atoms with van der Waals surface area (Å²) in [4.78, 5) is 19.4. The number of carbonyl (C=O) groups is 1. The van der Waals surface area contributed by atoms with Gasteiger partial charge in [0.15, 0.2) is 5.13 Å². The van der Waals surface area contributed by atoms with Crippen LogP contribution in [0.1, 0.15) is 5.56 Å². The molecule has 1 aromatic heterocycles. The van der Waals surface area contributed by atoms with Crippen molar-refractivity contribution < 1.29 is 9.18 Å². The zero-order valence-electron chi connectivity index (χ0n) is 11.0. The van der Waals surface area contributed by atoms with E-state index in [1.165, 1.54) is 29.7 Å². The highest BCUT2D eigenvalue weighted by molar-refractivity contribution is 7.13. The lowest BCUT2D eigenvalue weighted by molar-refractivity contribution is -0.117. The molecule has 0 bridgehead atoms. The van der Waals surface area contributed by atoms with Gasteiger partial charge in [-0.3, -0.25) is 4.79 Å².